The molecule has 324 valence electrons. The summed E-state index contributed by atoms with van der Waals surface area (Å²) in [5.41, 5.74) is -0.444. The van der Waals surface area contributed by atoms with Gasteiger partial charge in [0.1, 0.15) is 28.7 Å². The van der Waals surface area contributed by atoms with Crippen LogP contribution in [0.5, 0.6) is 74.7 Å². The zero-order valence-electron chi connectivity index (χ0n) is 34.4. The van der Waals surface area contributed by atoms with E-state index in [2.05, 4.69) is 0 Å². The highest BCUT2D eigenvalue weighted by Crippen LogP contribution is 2.54. The van der Waals surface area contributed by atoms with Gasteiger partial charge in [-0.15, -0.1) is 0 Å². The first-order valence-corrected chi connectivity index (χ1v) is 17.8. The van der Waals surface area contributed by atoms with Gasteiger partial charge in [0.15, 0.2) is 34.5 Å². The summed E-state index contributed by atoms with van der Waals surface area (Å²) in [6.45, 7) is 9.48. The van der Waals surface area contributed by atoms with Crippen molar-refractivity contribution in [1.29, 1.82) is 0 Å². The molecule has 20 heteroatoms. The van der Waals surface area contributed by atoms with Crippen molar-refractivity contribution in [3.05, 3.63) is 54.6 Å². The molecule has 4 rings (SSSR count). The molecule has 0 saturated carbocycles. The van der Waals surface area contributed by atoms with E-state index in [4.69, 9.17) is 52.1 Å². The topological polar surface area (TPSA) is 255 Å². The molecule has 0 spiro atoms. The molecule has 0 heterocycles. The van der Waals surface area contributed by atoms with Gasteiger partial charge in [-0.1, -0.05) is 0 Å². The van der Waals surface area contributed by atoms with Gasteiger partial charge in [0.25, 0.3) is 0 Å². The molecular weight excluding hydrogens is 824 g/mol. The highest BCUT2D eigenvalue weighted by Gasteiger charge is 2.30. The maximum Gasteiger partial charge on any atom is 0.308 e. The zero-order chi connectivity index (χ0) is 46.0. The van der Waals surface area contributed by atoms with Crippen LogP contribution in [-0.2, 0) is 43.2 Å². The molecular formula is C42H36O20. The van der Waals surface area contributed by atoms with Crippen molar-refractivity contribution in [2.75, 3.05) is 0 Å². The standard InChI is InChI=1S/C42H36O20/c1-19(43)52-28-10-12-32(61-30-17-37(57-24(6)48)41(60-27(9)51)38(18-30)58-25(7)49)34(14-28)62-42-33(54-21(3)45)13-11-31(40(42)59-26(8)50)39-35(55-22(4)46)15-29(53-20(2)44)16-36(39)56-23(5)47/h10-18H,1-9H3. The van der Waals surface area contributed by atoms with Gasteiger partial charge in [0.05, 0.1) is 5.56 Å². The van der Waals surface area contributed by atoms with E-state index in [1.165, 1.54) is 24.3 Å². The molecule has 0 amide bonds. The lowest BCUT2D eigenvalue weighted by Gasteiger charge is -2.22. The third kappa shape index (κ3) is 12.9. The van der Waals surface area contributed by atoms with Crippen molar-refractivity contribution in [2.24, 2.45) is 0 Å². The fourth-order valence-corrected chi connectivity index (χ4v) is 5.28. The average molecular weight is 861 g/mol. The Bertz CT molecular complexity index is 2440. The number of ether oxygens (including phenoxy) is 11. The zero-order valence-corrected chi connectivity index (χ0v) is 34.4. The number of esters is 9. The summed E-state index contributed by atoms with van der Waals surface area (Å²) in [5, 5.41) is 0. The number of carbonyl (C=O) groups excluding carboxylic acids is 9. The Morgan fingerprint density at radius 2 is 0.661 bits per heavy atom. The van der Waals surface area contributed by atoms with Crippen LogP contribution in [0.1, 0.15) is 62.3 Å². The second kappa shape index (κ2) is 20.1. The Balaban J connectivity index is 2.09. The normalized spacial score (nSPS) is 10.3. The van der Waals surface area contributed by atoms with Gasteiger partial charge in [-0.2, -0.15) is 0 Å². The summed E-state index contributed by atoms with van der Waals surface area (Å²) in [7, 11) is 0. The maximum absolute atomic E-state index is 12.8. The molecule has 20 nitrogen and oxygen atoms in total. The van der Waals surface area contributed by atoms with Crippen LogP contribution in [-0.4, -0.2) is 53.7 Å². The van der Waals surface area contributed by atoms with Crippen LogP contribution in [0.25, 0.3) is 11.1 Å². The fourth-order valence-electron chi connectivity index (χ4n) is 5.28. The Hall–Kier alpha value is -8.29. The Labute approximate surface area is 351 Å². The smallest absolute Gasteiger partial charge is 0.308 e. The average Bonchev–Trinajstić information content (AvgIpc) is 3.10. The molecule has 0 bridgehead atoms. The number of rotatable bonds is 14. The number of hydrogen-bond acceptors (Lipinski definition) is 20. The Morgan fingerprint density at radius 1 is 0.290 bits per heavy atom. The van der Waals surface area contributed by atoms with E-state index in [1.54, 1.807) is 0 Å². The van der Waals surface area contributed by atoms with E-state index < -0.39 is 88.2 Å². The largest absolute Gasteiger partial charge is 0.453 e. The number of hydrogen-bond donors (Lipinski definition) is 0. The lowest BCUT2D eigenvalue weighted by Crippen LogP contribution is -2.11. The molecule has 0 saturated heterocycles. The Morgan fingerprint density at radius 3 is 1.13 bits per heavy atom. The predicted molar refractivity (Wildman–Crippen MR) is 207 cm³/mol. The SMILES string of the molecule is CC(=O)Oc1ccc(Oc2cc(OC(C)=O)c(OC(C)=O)c(OC(C)=O)c2)c(Oc2c(OC(C)=O)ccc(-c3c(OC(C)=O)cc(OC(C)=O)cc3OC(C)=O)c2OC(C)=O)c1. The lowest BCUT2D eigenvalue weighted by atomic mass is 10.0. The van der Waals surface area contributed by atoms with Crippen molar-refractivity contribution in [2.45, 2.75) is 62.3 Å². The van der Waals surface area contributed by atoms with Gasteiger partial charge in [0, 0.05) is 98.2 Å². The van der Waals surface area contributed by atoms with Gasteiger partial charge in [-0.25, -0.2) is 0 Å². The van der Waals surface area contributed by atoms with Gasteiger partial charge in [-0.05, 0) is 24.3 Å². The van der Waals surface area contributed by atoms with Crippen LogP contribution in [0.3, 0.4) is 0 Å². The van der Waals surface area contributed by atoms with E-state index in [-0.39, 0.29) is 51.4 Å². The molecule has 0 radical (unpaired) electrons. The first kappa shape index (κ1) is 46.4. The third-order valence-corrected chi connectivity index (χ3v) is 7.02. The Kier molecular flexibility index (Phi) is 15.1. The van der Waals surface area contributed by atoms with Gasteiger partial charge < -0.3 is 52.1 Å². The molecule has 4 aromatic carbocycles. The van der Waals surface area contributed by atoms with Crippen LogP contribution >= 0.6 is 0 Å². The van der Waals surface area contributed by atoms with E-state index in [1.807, 2.05) is 0 Å². The second-order valence-electron chi connectivity index (χ2n) is 12.5. The summed E-state index contributed by atoms with van der Waals surface area (Å²) in [4.78, 5) is 110. The summed E-state index contributed by atoms with van der Waals surface area (Å²) in [5.74, 6) is -12.6. The predicted octanol–water partition coefficient (Wildman–Crippen LogP) is 6.27. The lowest BCUT2D eigenvalue weighted by molar-refractivity contribution is -0.135. The molecule has 0 aromatic heterocycles. The van der Waals surface area contributed by atoms with Crippen molar-refractivity contribution in [1.82, 2.24) is 0 Å². The fraction of sp³-hybridized carbons (Fsp3) is 0.214. The first-order valence-electron chi connectivity index (χ1n) is 17.8. The van der Waals surface area contributed by atoms with Crippen LogP contribution in [0, 0.1) is 0 Å². The van der Waals surface area contributed by atoms with Crippen LogP contribution < -0.4 is 52.1 Å². The molecule has 0 aliphatic heterocycles. The van der Waals surface area contributed by atoms with E-state index in [0.717, 1.165) is 92.6 Å². The van der Waals surface area contributed by atoms with Crippen molar-refractivity contribution in [3.8, 4) is 85.9 Å². The molecule has 0 aliphatic rings. The van der Waals surface area contributed by atoms with Crippen LogP contribution in [0.4, 0.5) is 0 Å². The molecule has 0 unspecified atom stereocenters. The minimum atomic E-state index is -0.982. The van der Waals surface area contributed by atoms with Crippen LogP contribution in [0.2, 0.25) is 0 Å². The van der Waals surface area contributed by atoms with Gasteiger partial charge >= 0.3 is 53.7 Å². The highest BCUT2D eigenvalue weighted by atomic mass is 16.6. The summed E-state index contributed by atoms with van der Waals surface area (Å²) < 4.78 is 60.5. The quantitative estimate of drug-likeness (QED) is 0.1000. The molecule has 4 aromatic rings. The van der Waals surface area contributed by atoms with Crippen molar-refractivity contribution in [3.63, 3.8) is 0 Å². The minimum absolute atomic E-state index is 0.138. The van der Waals surface area contributed by atoms with Crippen LogP contribution in [0.15, 0.2) is 54.6 Å². The summed E-state index contributed by atoms with van der Waals surface area (Å²) in [6.07, 6.45) is 0. The molecule has 0 aliphatic carbocycles. The molecule has 0 atom stereocenters. The van der Waals surface area contributed by atoms with E-state index in [9.17, 15) is 43.2 Å². The minimum Gasteiger partial charge on any atom is -0.453 e. The third-order valence-electron chi connectivity index (χ3n) is 7.02. The van der Waals surface area contributed by atoms with Crippen molar-refractivity contribution < 1.29 is 95.3 Å². The highest BCUT2D eigenvalue weighted by molar-refractivity contribution is 5.91. The molecule has 0 fully saturated rings. The van der Waals surface area contributed by atoms with Gasteiger partial charge in [0.2, 0.25) is 11.5 Å². The van der Waals surface area contributed by atoms with E-state index >= 15 is 0 Å². The molecule has 62 heavy (non-hydrogen) atoms. The number of benzene rings is 4. The summed E-state index contributed by atoms with van der Waals surface area (Å²) in [6, 6.07) is 10.5. The van der Waals surface area contributed by atoms with E-state index in [0.29, 0.717) is 0 Å². The maximum atomic E-state index is 12.8. The number of carbonyl (C=O) groups is 9. The monoisotopic (exact) mass is 860 g/mol. The van der Waals surface area contributed by atoms with Gasteiger partial charge in [-0.3, -0.25) is 43.2 Å². The van der Waals surface area contributed by atoms with Crippen molar-refractivity contribution >= 4 is 53.7 Å². The summed E-state index contributed by atoms with van der Waals surface area (Å²) >= 11 is 0. The first-order chi connectivity index (χ1) is 29.1. The molecule has 0 N–H and O–H groups in total. The second-order valence-corrected chi connectivity index (χ2v) is 12.5.